The summed E-state index contributed by atoms with van der Waals surface area (Å²) in [5.41, 5.74) is 0. The van der Waals surface area contributed by atoms with Crippen molar-refractivity contribution in [2.45, 2.75) is 13.3 Å². The molecule has 0 aliphatic heterocycles. The van der Waals surface area contributed by atoms with Crippen LogP contribution < -0.4 is 5.32 Å². The summed E-state index contributed by atoms with van der Waals surface area (Å²) >= 11 is 0. The van der Waals surface area contributed by atoms with E-state index in [1.807, 2.05) is 0 Å². The van der Waals surface area contributed by atoms with Crippen LogP contribution >= 0.6 is 0 Å². The van der Waals surface area contributed by atoms with E-state index in [0.717, 1.165) is 6.33 Å². The third kappa shape index (κ3) is 2.72. The minimum Gasteiger partial charge on any atom is -0.369 e. The Bertz CT molecular complexity index is 472. The van der Waals surface area contributed by atoms with Gasteiger partial charge in [-0.05, 0) is 0 Å². The second-order valence-electron chi connectivity index (χ2n) is 3.13. The molecule has 2 rings (SSSR count). The van der Waals surface area contributed by atoms with Crippen LogP contribution in [0.25, 0.3) is 0 Å². The summed E-state index contributed by atoms with van der Waals surface area (Å²) in [5.74, 6) is 1.02. The van der Waals surface area contributed by atoms with Gasteiger partial charge in [-0.2, -0.15) is 9.37 Å². The van der Waals surface area contributed by atoms with E-state index in [9.17, 15) is 4.39 Å². The van der Waals surface area contributed by atoms with Crippen molar-refractivity contribution < 1.29 is 8.91 Å². The summed E-state index contributed by atoms with van der Waals surface area (Å²) in [6.07, 6.45) is 1.75. The molecule has 0 spiro atoms. The summed E-state index contributed by atoms with van der Waals surface area (Å²) < 4.78 is 17.5. The van der Waals surface area contributed by atoms with E-state index in [1.165, 1.54) is 6.07 Å². The van der Waals surface area contributed by atoms with Crippen molar-refractivity contribution in [1.82, 2.24) is 20.1 Å². The molecule has 0 saturated carbocycles. The zero-order valence-electron chi connectivity index (χ0n) is 8.64. The Labute approximate surface area is 90.9 Å². The molecule has 7 heteroatoms. The van der Waals surface area contributed by atoms with Gasteiger partial charge in [-0.15, -0.1) is 0 Å². The number of aryl methyl sites for hydroxylation is 1. The van der Waals surface area contributed by atoms with Gasteiger partial charge in [0, 0.05) is 26.0 Å². The zero-order chi connectivity index (χ0) is 11.4. The molecular formula is C9H10FN5O. The second-order valence-corrected chi connectivity index (χ2v) is 3.13. The van der Waals surface area contributed by atoms with Gasteiger partial charge in [-0.25, -0.2) is 9.97 Å². The highest BCUT2D eigenvalue weighted by Crippen LogP contribution is 2.02. The van der Waals surface area contributed by atoms with Gasteiger partial charge in [-0.3, -0.25) is 0 Å². The third-order valence-corrected chi connectivity index (χ3v) is 1.86. The molecule has 6 nitrogen and oxygen atoms in total. The first kappa shape index (κ1) is 10.5. The molecule has 2 aromatic heterocycles. The van der Waals surface area contributed by atoms with Crippen molar-refractivity contribution in [3.8, 4) is 0 Å². The van der Waals surface area contributed by atoms with Crippen molar-refractivity contribution in [1.29, 1.82) is 0 Å². The number of halogens is 1. The number of hydrogen-bond acceptors (Lipinski definition) is 6. The molecule has 2 aromatic rings. The molecule has 2 heterocycles. The maximum Gasteiger partial charge on any atom is 0.223 e. The van der Waals surface area contributed by atoms with Crippen LogP contribution in [0.15, 0.2) is 16.9 Å². The predicted octanol–water partition coefficient (Wildman–Crippen LogP) is 0.962. The lowest BCUT2D eigenvalue weighted by Crippen LogP contribution is -2.07. The molecule has 0 aromatic carbocycles. The van der Waals surface area contributed by atoms with Crippen molar-refractivity contribution in [3.63, 3.8) is 0 Å². The molecule has 0 saturated heterocycles. The number of hydrogen-bond donors (Lipinski definition) is 1. The summed E-state index contributed by atoms with van der Waals surface area (Å²) in [7, 11) is 0. The van der Waals surface area contributed by atoms with Crippen LogP contribution in [0.5, 0.6) is 0 Å². The molecule has 0 aliphatic rings. The Morgan fingerprint density at radius 2 is 2.31 bits per heavy atom. The van der Waals surface area contributed by atoms with Gasteiger partial charge in [0.25, 0.3) is 0 Å². The van der Waals surface area contributed by atoms with Crippen LogP contribution in [-0.2, 0) is 6.42 Å². The lowest BCUT2D eigenvalue weighted by Gasteiger charge is -2.02. The molecule has 0 aliphatic carbocycles. The number of rotatable bonds is 4. The fourth-order valence-corrected chi connectivity index (χ4v) is 1.18. The number of aromatic nitrogens is 4. The molecular weight excluding hydrogens is 213 g/mol. The van der Waals surface area contributed by atoms with Gasteiger partial charge < -0.3 is 9.84 Å². The normalized spacial score (nSPS) is 10.4. The van der Waals surface area contributed by atoms with Gasteiger partial charge in [0.2, 0.25) is 11.8 Å². The van der Waals surface area contributed by atoms with Gasteiger partial charge in [0.15, 0.2) is 5.82 Å². The maximum atomic E-state index is 12.7. The maximum absolute atomic E-state index is 12.7. The number of nitrogens with zero attached hydrogens (tertiary/aromatic N) is 4. The Morgan fingerprint density at radius 1 is 1.44 bits per heavy atom. The fourth-order valence-electron chi connectivity index (χ4n) is 1.18. The van der Waals surface area contributed by atoms with Crippen molar-refractivity contribution in [3.05, 3.63) is 30.1 Å². The van der Waals surface area contributed by atoms with E-state index in [-0.39, 0.29) is 0 Å². The highest BCUT2D eigenvalue weighted by molar-refractivity contribution is 5.31. The SMILES string of the molecule is Cc1nc(CCNc2cc(F)ncn2)no1. The van der Waals surface area contributed by atoms with Gasteiger partial charge >= 0.3 is 0 Å². The lowest BCUT2D eigenvalue weighted by atomic mass is 10.4. The van der Waals surface area contributed by atoms with E-state index in [4.69, 9.17) is 4.52 Å². The first-order valence-corrected chi connectivity index (χ1v) is 4.74. The fraction of sp³-hybridized carbons (Fsp3) is 0.333. The van der Waals surface area contributed by atoms with E-state index < -0.39 is 5.95 Å². The van der Waals surface area contributed by atoms with E-state index >= 15 is 0 Å². The molecule has 16 heavy (non-hydrogen) atoms. The lowest BCUT2D eigenvalue weighted by molar-refractivity contribution is 0.387. The number of anilines is 1. The largest absolute Gasteiger partial charge is 0.369 e. The average molecular weight is 223 g/mol. The van der Waals surface area contributed by atoms with Crippen molar-refractivity contribution >= 4 is 5.82 Å². The van der Waals surface area contributed by atoms with E-state index in [1.54, 1.807) is 6.92 Å². The van der Waals surface area contributed by atoms with Crippen LogP contribution in [0.2, 0.25) is 0 Å². The summed E-state index contributed by atoms with van der Waals surface area (Å²) in [6.45, 7) is 2.28. The van der Waals surface area contributed by atoms with Crippen LogP contribution in [0.4, 0.5) is 10.2 Å². The molecule has 84 valence electrons. The Morgan fingerprint density at radius 3 is 3.00 bits per heavy atom. The van der Waals surface area contributed by atoms with Crippen molar-refractivity contribution in [2.75, 3.05) is 11.9 Å². The first-order valence-electron chi connectivity index (χ1n) is 4.74. The monoisotopic (exact) mass is 223 g/mol. The molecule has 0 radical (unpaired) electrons. The standard InChI is InChI=1S/C9H10FN5O/c1-6-14-8(15-16-6)2-3-11-9-4-7(10)12-5-13-9/h4-5H,2-3H2,1H3,(H,11,12,13). The summed E-state index contributed by atoms with van der Waals surface area (Å²) in [4.78, 5) is 11.2. The molecule has 0 unspecified atom stereocenters. The minimum atomic E-state index is -0.562. The smallest absolute Gasteiger partial charge is 0.223 e. The Balaban J connectivity index is 1.84. The molecule has 0 bridgehead atoms. The van der Waals surface area contributed by atoms with Gasteiger partial charge in [-0.1, -0.05) is 5.16 Å². The Kier molecular flexibility index (Phi) is 3.04. The quantitative estimate of drug-likeness (QED) is 0.778. The molecule has 0 amide bonds. The van der Waals surface area contributed by atoms with Crippen LogP contribution in [0, 0.1) is 12.9 Å². The first-order chi connectivity index (χ1) is 7.74. The number of nitrogens with one attached hydrogen (secondary N) is 1. The predicted molar refractivity (Wildman–Crippen MR) is 53.2 cm³/mol. The van der Waals surface area contributed by atoms with Crippen LogP contribution in [0.1, 0.15) is 11.7 Å². The summed E-state index contributed by atoms with van der Waals surface area (Å²) in [6, 6.07) is 1.22. The van der Waals surface area contributed by atoms with E-state index in [0.29, 0.717) is 30.5 Å². The Hall–Kier alpha value is -2.05. The second kappa shape index (κ2) is 4.65. The average Bonchev–Trinajstić information content (AvgIpc) is 2.64. The van der Waals surface area contributed by atoms with Crippen LogP contribution in [0.3, 0.4) is 0 Å². The van der Waals surface area contributed by atoms with Crippen LogP contribution in [-0.4, -0.2) is 26.7 Å². The molecule has 0 fully saturated rings. The summed E-state index contributed by atoms with van der Waals surface area (Å²) in [5, 5.41) is 6.66. The van der Waals surface area contributed by atoms with E-state index in [2.05, 4.69) is 25.4 Å². The molecule has 0 atom stereocenters. The topological polar surface area (TPSA) is 76.7 Å². The van der Waals surface area contributed by atoms with Crippen molar-refractivity contribution in [2.24, 2.45) is 0 Å². The molecule has 1 N–H and O–H groups in total. The zero-order valence-corrected chi connectivity index (χ0v) is 8.64. The third-order valence-electron chi connectivity index (χ3n) is 1.86. The van der Waals surface area contributed by atoms with Gasteiger partial charge in [0.05, 0.1) is 0 Å². The highest BCUT2D eigenvalue weighted by Gasteiger charge is 2.02. The van der Waals surface area contributed by atoms with Gasteiger partial charge in [0.1, 0.15) is 12.1 Å². The minimum absolute atomic E-state index is 0.438. The highest BCUT2D eigenvalue weighted by atomic mass is 19.1.